The van der Waals surface area contributed by atoms with Crippen molar-refractivity contribution in [2.24, 2.45) is 0 Å². The van der Waals surface area contributed by atoms with E-state index in [1.807, 2.05) is 24.3 Å². The number of para-hydroxylation sites is 2. The lowest BCUT2D eigenvalue weighted by atomic mass is 10.3. The summed E-state index contributed by atoms with van der Waals surface area (Å²) in [6.45, 7) is 1.38. The van der Waals surface area contributed by atoms with Crippen molar-refractivity contribution < 1.29 is 4.74 Å². The molecule has 0 unspecified atom stereocenters. The Bertz CT molecular complexity index is 581. The molecule has 3 rings (SSSR count). The molecule has 5 nitrogen and oxygen atoms in total. The number of nitrogens with two attached hydrogens (primary N) is 1. The average molecular weight is 272 g/mol. The number of nitrogens with zero attached hydrogens (tertiary/aromatic N) is 2. The summed E-state index contributed by atoms with van der Waals surface area (Å²) in [6.07, 6.45) is 5.41. The first-order valence-corrected chi connectivity index (χ1v) is 7.20. The van der Waals surface area contributed by atoms with Gasteiger partial charge in [-0.15, -0.1) is 0 Å². The van der Waals surface area contributed by atoms with Gasteiger partial charge in [0.15, 0.2) is 11.6 Å². The van der Waals surface area contributed by atoms with E-state index in [1.54, 1.807) is 0 Å². The molecule has 2 aromatic rings. The molecule has 1 saturated carbocycles. The number of nitrogen functional groups attached to an aromatic ring is 1. The van der Waals surface area contributed by atoms with Gasteiger partial charge >= 0.3 is 0 Å². The van der Waals surface area contributed by atoms with Gasteiger partial charge in [0.2, 0.25) is 0 Å². The van der Waals surface area contributed by atoms with Crippen molar-refractivity contribution in [1.29, 1.82) is 0 Å². The number of hydrogen-bond acceptors (Lipinski definition) is 5. The van der Waals surface area contributed by atoms with Gasteiger partial charge in [0.25, 0.3) is 0 Å². The first-order chi connectivity index (χ1) is 9.83. The molecule has 1 fully saturated rings. The quantitative estimate of drug-likeness (QED) is 0.818. The molecular weight excluding hydrogens is 252 g/mol. The Kier molecular flexibility index (Phi) is 3.97. The van der Waals surface area contributed by atoms with Crippen LogP contribution in [-0.2, 0) is 4.74 Å². The molecule has 0 atom stereocenters. The molecule has 20 heavy (non-hydrogen) atoms. The maximum atomic E-state index is 5.91. The molecule has 0 spiro atoms. The molecule has 3 N–H and O–H groups in total. The highest BCUT2D eigenvalue weighted by Gasteiger charge is 2.14. The summed E-state index contributed by atoms with van der Waals surface area (Å²) in [7, 11) is 0. The predicted molar refractivity (Wildman–Crippen MR) is 80.6 cm³/mol. The topological polar surface area (TPSA) is 73.1 Å². The van der Waals surface area contributed by atoms with Crippen molar-refractivity contribution in [2.45, 2.75) is 31.8 Å². The smallest absolute Gasteiger partial charge is 0.169 e. The lowest BCUT2D eigenvalue weighted by Gasteiger charge is -2.12. The highest BCUT2D eigenvalue weighted by molar-refractivity contribution is 5.79. The maximum Gasteiger partial charge on any atom is 0.169 e. The van der Waals surface area contributed by atoms with E-state index in [0.717, 1.165) is 11.0 Å². The number of benzene rings is 1. The molecule has 1 aromatic carbocycles. The third kappa shape index (κ3) is 2.99. The zero-order valence-corrected chi connectivity index (χ0v) is 11.5. The summed E-state index contributed by atoms with van der Waals surface area (Å²) in [6, 6.07) is 7.72. The molecule has 106 valence electrons. The monoisotopic (exact) mass is 272 g/mol. The van der Waals surface area contributed by atoms with Crippen molar-refractivity contribution in [1.82, 2.24) is 9.97 Å². The van der Waals surface area contributed by atoms with E-state index in [0.29, 0.717) is 30.9 Å². The van der Waals surface area contributed by atoms with Gasteiger partial charge in [0, 0.05) is 6.54 Å². The first-order valence-electron chi connectivity index (χ1n) is 7.20. The highest BCUT2D eigenvalue weighted by Crippen LogP contribution is 2.21. The Morgan fingerprint density at radius 1 is 1.15 bits per heavy atom. The van der Waals surface area contributed by atoms with E-state index in [-0.39, 0.29) is 0 Å². The van der Waals surface area contributed by atoms with Crippen LogP contribution < -0.4 is 11.1 Å². The number of hydrogen-bond donors (Lipinski definition) is 2. The fraction of sp³-hybridized carbons (Fsp3) is 0.467. The molecule has 0 radical (unpaired) electrons. The molecule has 0 aliphatic heterocycles. The second kappa shape index (κ2) is 6.05. The SMILES string of the molecule is Nc1nc2ccccc2nc1NCCOC1CCCC1. The lowest BCUT2D eigenvalue weighted by Crippen LogP contribution is -2.16. The number of fused-ring (bicyclic) bond motifs is 1. The molecule has 5 heteroatoms. The van der Waals surface area contributed by atoms with E-state index in [2.05, 4.69) is 15.3 Å². The average Bonchev–Trinajstić information content (AvgIpc) is 2.97. The largest absolute Gasteiger partial charge is 0.381 e. The van der Waals surface area contributed by atoms with Crippen LogP contribution in [0.3, 0.4) is 0 Å². The minimum atomic E-state index is 0.435. The predicted octanol–water partition coefficient (Wildman–Crippen LogP) is 2.58. The molecule has 1 aliphatic carbocycles. The van der Waals surface area contributed by atoms with Crippen LogP contribution >= 0.6 is 0 Å². The van der Waals surface area contributed by atoms with Crippen LogP contribution in [0.25, 0.3) is 11.0 Å². The van der Waals surface area contributed by atoms with Gasteiger partial charge in [-0.05, 0) is 25.0 Å². The summed E-state index contributed by atoms with van der Waals surface area (Å²) >= 11 is 0. The van der Waals surface area contributed by atoms with Crippen molar-refractivity contribution >= 4 is 22.7 Å². The van der Waals surface area contributed by atoms with Gasteiger partial charge in [-0.1, -0.05) is 25.0 Å². The zero-order valence-electron chi connectivity index (χ0n) is 11.5. The number of ether oxygens (including phenoxy) is 1. The Labute approximate surface area is 118 Å². The molecule has 0 saturated heterocycles. The summed E-state index contributed by atoms with van der Waals surface area (Å²) in [4.78, 5) is 8.83. The Balaban J connectivity index is 1.57. The highest BCUT2D eigenvalue weighted by atomic mass is 16.5. The summed E-state index contributed by atoms with van der Waals surface area (Å²) in [5, 5.41) is 3.21. The normalized spacial score (nSPS) is 15.8. The number of anilines is 2. The summed E-state index contributed by atoms with van der Waals surface area (Å²) < 4.78 is 5.80. The number of rotatable bonds is 5. The fourth-order valence-electron chi connectivity index (χ4n) is 2.59. The van der Waals surface area contributed by atoms with Crippen LogP contribution in [0.15, 0.2) is 24.3 Å². The van der Waals surface area contributed by atoms with Gasteiger partial charge in [0.05, 0.1) is 23.7 Å². The minimum Gasteiger partial charge on any atom is -0.381 e. The van der Waals surface area contributed by atoms with E-state index >= 15 is 0 Å². The van der Waals surface area contributed by atoms with Crippen LogP contribution in [0.2, 0.25) is 0 Å². The minimum absolute atomic E-state index is 0.435. The maximum absolute atomic E-state index is 5.91. The van der Waals surface area contributed by atoms with Crippen molar-refractivity contribution in [3.63, 3.8) is 0 Å². The van der Waals surface area contributed by atoms with E-state index in [1.165, 1.54) is 25.7 Å². The van der Waals surface area contributed by atoms with Crippen molar-refractivity contribution in [3.8, 4) is 0 Å². The van der Waals surface area contributed by atoms with Gasteiger partial charge in [-0.3, -0.25) is 0 Å². The van der Waals surface area contributed by atoms with Gasteiger partial charge in [-0.25, -0.2) is 9.97 Å². The Morgan fingerprint density at radius 3 is 2.60 bits per heavy atom. The lowest BCUT2D eigenvalue weighted by molar-refractivity contribution is 0.0659. The Hall–Kier alpha value is -1.88. The van der Waals surface area contributed by atoms with Gasteiger partial charge in [-0.2, -0.15) is 0 Å². The third-order valence-electron chi connectivity index (χ3n) is 3.65. The molecule has 0 bridgehead atoms. The molecule has 0 amide bonds. The third-order valence-corrected chi connectivity index (χ3v) is 3.65. The number of nitrogens with one attached hydrogen (secondary N) is 1. The van der Waals surface area contributed by atoms with Crippen LogP contribution in [0.5, 0.6) is 0 Å². The van der Waals surface area contributed by atoms with Crippen LogP contribution in [0, 0.1) is 0 Å². The standard InChI is InChI=1S/C15H20N4O/c16-14-15(17-9-10-20-11-5-1-2-6-11)19-13-8-4-3-7-12(13)18-14/h3-4,7-8,11H,1-2,5-6,9-10H2,(H2,16,18)(H,17,19). The molecule has 1 heterocycles. The van der Waals surface area contributed by atoms with Crippen molar-refractivity contribution in [2.75, 3.05) is 24.2 Å². The molecule has 1 aliphatic rings. The van der Waals surface area contributed by atoms with E-state index < -0.39 is 0 Å². The van der Waals surface area contributed by atoms with Crippen LogP contribution in [0.4, 0.5) is 11.6 Å². The summed E-state index contributed by atoms with van der Waals surface area (Å²) in [5.41, 5.74) is 7.58. The van der Waals surface area contributed by atoms with E-state index in [4.69, 9.17) is 10.5 Å². The molecular formula is C15H20N4O. The first kappa shape index (κ1) is 13.1. The second-order valence-electron chi connectivity index (χ2n) is 5.15. The fourth-order valence-corrected chi connectivity index (χ4v) is 2.59. The summed E-state index contributed by atoms with van der Waals surface area (Å²) in [5.74, 6) is 1.07. The van der Waals surface area contributed by atoms with Crippen molar-refractivity contribution in [3.05, 3.63) is 24.3 Å². The zero-order chi connectivity index (χ0) is 13.8. The van der Waals surface area contributed by atoms with E-state index in [9.17, 15) is 0 Å². The van der Waals surface area contributed by atoms with Crippen LogP contribution in [0.1, 0.15) is 25.7 Å². The van der Waals surface area contributed by atoms with Crippen LogP contribution in [-0.4, -0.2) is 29.2 Å². The Morgan fingerprint density at radius 2 is 1.85 bits per heavy atom. The van der Waals surface area contributed by atoms with Gasteiger partial charge < -0.3 is 15.8 Å². The second-order valence-corrected chi connectivity index (χ2v) is 5.15. The molecule has 1 aromatic heterocycles. The van der Waals surface area contributed by atoms with Gasteiger partial charge in [0.1, 0.15) is 0 Å². The number of aromatic nitrogens is 2.